The number of nitrogens with zero attached hydrogens (tertiary/aromatic N) is 3. The molecule has 1 aliphatic rings. The molecule has 3 rings (SSSR count). The van der Waals surface area contributed by atoms with Gasteiger partial charge in [0.15, 0.2) is 5.78 Å². The Kier molecular flexibility index (Phi) is 5.20. The van der Waals surface area contributed by atoms with E-state index in [4.69, 9.17) is 5.73 Å². The van der Waals surface area contributed by atoms with Gasteiger partial charge in [-0.2, -0.15) is 0 Å². The van der Waals surface area contributed by atoms with Crippen molar-refractivity contribution >= 4 is 21.8 Å². The number of sulfonamides is 1. The normalized spacial score (nSPS) is 21.0. The SMILES string of the molecule is Cc1cnc(C(=O)Cc2ccc(F)c([C@]3(C)CS(=O)(=O)N(C)C(N)=N3)c2)c(C)c1. The quantitative estimate of drug-likeness (QED) is 0.765. The number of rotatable bonds is 4. The van der Waals surface area contributed by atoms with Crippen LogP contribution in [0.4, 0.5) is 4.39 Å². The molecular formula is C20H23FN4O3S. The molecule has 2 N–H and O–H groups in total. The van der Waals surface area contributed by atoms with Gasteiger partial charge < -0.3 is 5.73 Å². The summed E-state index contributed by atoms with van der Waals surface area (Å²) in [6.07, 6.45) is 1.63. The van der Waals surface area contributed by atoms with Crippen LogP contribution in [0.1, 0.15) is 39.7 Å². The molecule has 2 aromatic rings. The van der Waals surface area contributed by atoms with Gasteiger partial charge in [0.05, 0.1) is 5.75 Å². The van der Waals surface area contributed by atoms with Crippen LogP contribution >= 0.6 is 0 Å². The van der Waals surface area contributed by atoms with Crippen LogP contribution in [0, 0.1) is 19.7 Å². The van der Waals surface area contributed by atoms with E-state index in [2.05, 4.69) is 9.98 Å². The molecule has 0 aliphatic carbocycles. The minimum atomic E-state index is -3.74. The van der Waals surface area contributed by atoms with E-state index < -0.39 is 27.1 Å². The van der Waals surface area contributed by atoms with Crippen molar-refractivity contribution in [2.45, 2.75) is 32.7 Å². The van der Waals surface area contributed by atoms with Gasteiger partial charge in [-0.05, 0) is 49.6 Å². The first-order valence-electron chi connectivity index (χ1n) is 9.00. The summed E-state index contributed by atoms with van der Waals surface area (Å²) >= 11 is 0. The van der Waals surface area contributed by atoms with Gasteiger partial charge in [0.25, 0.3) is 0 Å². The molecule has 29 heavy (non-hydrogen) atoms. The summed E-state index contributed by atoms with van der Waals surface area (Å²) in [7, 11) is -2.44. The average molecular weight is 418 g/mol. The third-order valence-electron chi connectivity index (χ3n) is 5.02. The van der Waals surface area contributed by atoms with E-state index in [9.17, 15) is 17.6 Å². The Morgan fingerprint density at radius 1 is 1.31 bits per heavy atom. The first-order chi connectivity index (χ1) is 13.4. The second kappa shape index (κ2) is 7.22. The number of nitrogens with two attached hydrogens (primary N) is 1. The number of pyridine rings is 1. The van der Waals surface area contributed by atoms with Crippen LogP contribution in [0.5, 0.6) is 0 Å². The van der Waals surface area contributed by atoms with Crippen LogP contribution in [0.2, 0.25) is 0 Å². The molecule has 0 bridgehead atoms. The highest BCUT2D eigenvalue weighted by Crippen LogP contribution is 2.34. The molecule has 1 aliphatic heterocycles. The van der Waals surface area contributed by atoms with Crippen LogP contribution in [-0.4, -0.2) is 42.3 Å². The Labute approximate surface area is 169 Å². The molecule has 0 saturated heterocycles. The van der Waals surface area contributed by atoms with Gasteiger partial charge in [0, 0.05) is 25.2 Å². The second-order valence-corrected chi connectivity index (χ2v) is 9.56. The molecule has 1 atom stereocenters. The zero-order chi connectivity index (χ0) is 21.6. The third kappa shape index (κ3) is 4.00. The van der Waals surface area contributed by atoms with Crippen molar-refractivity contribution in [3.05, 3.63) is 64.2 Å². The van der Waals surface area contributed by atoms with Gasteiger partial charge in [-0.25, -0.2) is 22.1 Å². The zero-order valence-corrected chi connectivity index (χ0v) is 17.5. The van der Waals surface area contributed by atoms with Crippen molar-refractivity contribution in [1.29, 1.82) is 0 Å². The average Bonchev–Trinajstić information content (AvgIpc) is 2.60. The Hall–Kier alpha value is -2.81. The van der Waals surface area contributed by atoms with Crippen molar-refractivity contribution in [1.82, 2.24) is 9.29 Å². The number of Topliss-reactive ketones (excluding diaryl/α,β-unsaturated/α-hetero) is 1. The first-order valence-corrected chi connectivity index (χ1v) is 10.6. The second-order valence-electron chi connectivity index (χ2n) is 7.56. The van der Waals surface area contributed by atoms with Crippen molar-refractivity contribution in [3.8, 4) is 0 Å². The van der Waals surface area contributed by atoms with Crippen LogP contribution in [-0.2, 0) is 22.0 Å². The molecule has 0 amide bonds. The smallest absolute Gasteiger partial charge is 0.239 e. The maximum Gasteiger partial charge on any atom is 0.239 e. The van der Waals surface area contributed by atoms with Gasteiger partial charge >= 0.3 is 0 Å². The number of aryl methyl sites for hydroxylation is 2. The standard InChI is InChI=1S/C20H23FN4O3S/c1-12-7-13(2)18(23-10-12)17(26)9-14-5-6-16(21)15(8-14)20(3)11-29(27,28)25(4)19(22)24-20/h5-8,10H,9,11H2,1-4H3,(H2,22,24)/t20-/m0/s1. The number of ketones is 1. The van der Waals surface area contributed by atoms with Crippen molar-refractivity contribution in [2.75, 3.05) is 12.8 Å². The molecule has 154 valence electrons. The molecule has 9 heteroatoms. The Morgan fingerprint density at radius 3 is 2.62 bits per heavy atom. The Morgan fingerprint density at radius 2 is 2.00 bits per heavy atom. The van der Waals surface area contributed by atoms with Crippen LogP contribution in [0.15, 0.2) is 35.5 Å². The molecule has 0 radical (unpaired) electrons. The number of hydrogen-bond donors (Lipinski definition) is 1. The fourth-order valence-corrected chi connectivity index (χ4v) is 4.91. The number of benzene rings is 1. The van der Waals surface area contributed by atoms with Gasteiger partial charge in [-0.3, -0.25) is 9.78 Å². The summed E-state index contributed by atoms with van der Waals surface area (Å²) in [5, 5.41) is 0. The fraction of sp³-hybridized carbons (Fsp3) is 0.350. The van der Waals surface area contributed by atoms with Crippen LogP contribution < -0.4 is 5.73 Å². The predicted octanol–water partition coefficient (Wildman–Crippen LogP) is 2.07. The van der Waals surface area contributed by atoms with Gasteiger partial charge in [-0.1, -0.05) is 12.1 Å². The maximum atomic E-state index is 14.6. The van der Waals surface area contributed by atoms with Crippen molar-refractivity contribution in [3.63, 3.8) is 0 Å². The summed E-state index contributed by atoms with van der Waals surface area (Å²) < 4.78 is 40.3. The number of guanidine groups is 1. The summed E-state index contributed by atoms with van der Waals surface area (Å²) in [5.41, 5.74) is 7.06. The highest BCUT2D eigenvalue weighted by atomic mass is 32.2. The zero-order valence-electron chi connectivity index (χ0n) is 16.7. The minimum Gasteiger partial charge on any atom is -0.369 e. The number of aliphatic imine (C=N–C) groups is 1. The minimum absolute atomic E-state index is 0.00606. The Bertz CT molecular complexity index is 1130. The Balaban J connectivity index is 1.98. The molecule has 1 aromatic heterocycles. The van der Waals surface area contributed by atoms with E-state index in [1.54, 1.807) is 6.20 Å². The van der Waals surface area contributed by atoms with Gasteiger partial charge in [-0.15, -0.1) is 0 Å². The molecular weight excluding hydrogens is 395 g/mol. The lowest BCUT2D eigenvalue weighted by atomic mass is 9.91. The molecule has 7 nitrogen and oxygen atoms in total. The largest absolute Gasteiger partial charge is 0.369 e. The van der Waals surface area contributed by atoms with E-state index in [-0.39, 0.29) is 23.7 Å². The summed E-state index contributed by atoms with van der Waals surface area (Å²) in [4.78, 5) is 21.1. The summed E-state index contributed by atoms with van der Waals surface area (Å²) in [6.45, 7) is 5.22. The van der Waals surface area contributed by atoms with E-state index in [0.717, 1.165) is 15.4 Å². The van der Waals surface area contributed by atoms with E-state index in [1.165, 1.54) is 32.2 Å². The lowest BCUT2D eigenvalue weighted by Crippen LogP contribution is -2.50. The predicted molar refractivity (Wildman–Crippen MR) is 109 cm³/mol. The van der Waals surface area contributed by atoms with Crippen LogP contribution in [0.3, 0.4) is 0 Å². The van der Waals surface area contributed by atoms with Crippen molar-refractivity contribution in [2.24, 2.45) is 10.7 Å². The highest BCUT2D eigenvalue weighted by Gasteiger charge is 2.41. The highest BCUT2D eigenvalue weighted by molar-refractivity contribution is 7.89. The molecule has 0 fully saturated rings. The molecule has 2 heterocycles. The maximum absolute atomic E-state index is 14.6. The van der Waals surface area contributed by atoms with Gasteiger partial charge in [0.1, 0.15) is 17.1 Å². The topological polar surface area (TPSA) is 106 Å². The summed E-state index contributed by atoms with van der Waals surface area (Å²) in [5.74, 6) is -1.45. The van der Waals surface area contributed by atoms with Crippen molar-refractivity contribution < 1.29 is 17.6 Å². The number of hydrogen-bond acceptors (Lipinski definition) is 6. The molecule has 0 unspecified atom stereocenters. The molecule has 0 saturated carbocycles. The van der Waals surface area contributed by atoms with Crippen LogP contribution in [0.25, 0.3) is 0 Å². The first kappa shape index (κ1) is 20.9. The van der Waals surface area contributed by atoms with Gasteiger partial charge in [0.2, 0.25) is 16.0 Å². The molecule has 1 aromatic carbocycles. The monoisotopic (exact) mass is 418 g/mol. The number of carbonyl (C=O) groups excluding carboxylic acids is 1. The lowest BCUT2D eigenvalue weighted by molar-refractivity contribution is 0.0987. The third-order valence-corrected chi connectivity index (χ3v) is 6.97. The fourth-order valence-electron chi connectivity index (χ4n) is 3.46. The molecule has 0 spiro atoms. The number of halogens is 1. The van der Waals surface area contributed by atoms with E-state index in [1.807, 2.05) is 19.9 Å². The number of aromatic nitrogens is 1. The van der Waals surface area contributed by atoms with E-state index >= 15 is 0 Å². The van der Waals surface area contributed by atoms with E-state index in [0.29, 0.717) is 11.3 Å². The summed E-state index contributed by atoms with van der Waals surface area (Å²) in [6, 6.07) is 6.07. The lowest BCUT2D eigenvalue weighted by Gasteiger charge is -2.34. The number of carbonyl (C=O) groups is 1.